The average Bonchev–Trinajstić information content (AvgIpc) is 2.35. The lowest BCUT2D eigenvalue weighted by Gasteiger charge is -2.24. The third kappa shape index (κ3) is 3.58. The molecule has 1 aromatic heterocycles. The van der Waals surface area contributed by atoms with Gasteiger partial charge in [-0.3, -0.25) is 0 Å². The third-order valence-electron chi connectivity index (χ3n) is 3.23. The Morgan fingerprint density at radius 1 is 1.18 bits per heavy atom. The second-order valence-corrected chi connectivity index (χ2v) is 5.02. The van der Waals surface area contributed by atoms with E-state index in [4.69, 9.17) is 0 Å². The van der Waals surface area contributed by atoms with Crippen molar-refractivity contribution in [3.63, 3.8) is 0 Å². The Labute approximate surface area is 104 Å². The highest BCUT2D eigenvalue weighted by Crippen LogP contribution is 2.23. The van der Waals surface area contributed by atoms with Gasteiger partial charge < -0.3 is 10.6 Å². The van der Waals surface area contributed by atoms with Crippen LogP contribution in [-0.2, 0) is 6.42 Å². The number of hydrogen-bond acceptors (Lipinski definition) is 4. The van der Waals surface area contributed by atoms with Crippen molar-refractivity contribution in [2.45, 2.75) is 40.5 Å². The van der Waals surface area contributed by atoms with Crippen molar-refractivity contribution >= 4 is 11.6 Å². The van der Waals surface area contributed by atoms with Gasteiger partial charge in [0.05, 0.1) is 0 Å². The van der Waals surface area contributed by atoms with Crippen LogP contribution in [0.1, 0.15) is 39.7 Å². The van der Waals surface area contributed by atoms with Gasteiger partial charge in [-0.05, 0) is 18.3 Å². The summed E-state index contributed by atoms with van der Waals surface area (Å²) in [5.41, 5.74) is 1.44. The maximum atomic E-state index is 4.33. The predicted octanol–water partition coefficient (Wildman–Crippen LogP) is 2.93. The van der Waals surface area contributed by atoms with Crippen LogP contribution in [0.25, 0.3) is 0 Å². The van der Waals surface area contributed by atoms with Crippen LogP contribution >= 0.6 is 0 Å². The Bertz CT molecular complexity index is 360. The van der Waals surface area contributed by atoms with Gasteiger partial charge in [0.2, 0.25) is 0 Å². The summed E-state index contributed by atoms with van der Waals surface area (Å²) in [4.78, 5) is 8.56. The van der Waals surface area contributed by atoms with Crippen LogP contribution in [0, 0.1) is 5.41 Å². The van der Waals surface area contributed by atoms with Gasteiger partial charge in [-0.25, -0.2) is 9.97 Å². The second-order valence-electron chi connectivity index (χ2n) is 5.02. The highest BCUT2D eigenvalue weighted by Gasteiger charge is 2.16. The van der Waals surface area contributed by atoms with Crippen molar-refractivity contribution in [3.05, 3.63) is 11.9 Å². The molecule has 0 saturated heterocycles. The Hall–Kier alpha value is -1.32. The molecule has 1 aromatic rings. The van der Waals surface area contributed by atoms with Gasteiger partial charge in [0.25, 0.3) is 0 Å². The molecule has 0 aromatic carbocycles. The zero-order chi connectivity index (χ0) is 12.9. The van der Waals surface area contributed by atoms with E-state index in [1.54, 1.807) is 6.33 Å². The molecule has 0 fully saturated rings. The number of hydrogen-bond donors (Lipinski definition) is 2. The minimum Gasteiger partial charge on any atom is -0.373 e. The second kappa shape index (κ2) is 5.84. The summed E-state index contributed by atoms with van der Waals surface area (Å²) in [5, 5.41) is 6.55. The van der Waals surface area contributed by atoms with Crippen LogP contribution < -0.4 is 10.6 Å². The minimum absolute atomic E-state index is 0.287. The molecule has 0 radical (unpaired) electrons. The normalized spacial score (nSPS) is 11.4. The molecule has 17 heavy (non-hydrogen) atoms. The fourth-order valence-electron chi connectivity index (χ4n) is 1.56. The van der Waals surface area contributed by atoms with Crippen LogP contribution in [-0.4, -0.2) is 23.6 Å². The van der Waals surface area contributed by atoms with E-state index in [0.717, 1.165) is 36.6 Å². The zero-order valence-electron chi connectivity index (χ0n) is 11.6. The number of aromatic nitrogens is 2. The van der Waals surface area contributed by atoms with Crippen LogP contribution in [0.15, 0.2) is 6.33 Å². The van der Waals surface area contributed by atoms with Gasteiger partial charge in [-0.1, -0.05) is 27.7 Å². The first-order valence-electron chi connectivity index (χ1n) is 6.29. The highest BCUT2D eigenvalue weighted by molar-refractivity contribution is 5.57. The van der Waals surface area contributed by atoms with Gasteiger partial charge in [-0.15, -0.1) is 0 Å². The number of nitrogens with one attached hydrogen (secondary N) is 2. The van der Waals surface area contributed by atoms with Crippen LogP contribution in [0.4, 0.5) is 11.6 Å². The van der Waals surface area contributed by atoms with Crippen molar-refractivity contribution in [2.24, 2.45) is 5.41 Å². The quantitative estimate of drug-likeness (QED) is 0.797. The molecule has 1 heterocycles. The number of rotatable bonds is 6. The smallest absolute Gasteiger partial charge is 0.134 e. The lowest BCUT2D eigenvalue weighted by atomic mass is 9.90. The molecule has 2 N–H and O–H groups in total. The van der Waals surface area contributed by atoms with E-state index < -0.39 is 0 Å². The lowest BCUT2D eigenvalue weighted by molar-refractivity contribution is 0.376. The molecule has 0 atom stereocenters. The lowest BCUT2D eigenvalue weighted by Crippen LogP contribution is -2.23. The largest absolute Gasteiger partial charge is 0.373 e. The van der Waals surface area contributed by atoms with E-state index in [-0.39, 0.29) is 5.41 Å². The van der Waals surface area contributed by atoms with Crippen molar-refractivity contribution in [3.8, 4) is 0 Å². The molecule has 0 aliphatic rings. The van der Waals surface area contributed by atoms with Gasteiger partial charge >= 0.3 is 0 Å². The van der Waals surface area contributed by atoms with Crippen LogP contribution in [0.5, 0.6) is 0 Å². The van der Waals surface area contributed by atoms with Crippen molar-refractivity contribution < 1.29 is 0 Å². The summed E-state index contributed by atoms with van der Waals surface area (Å²) in [5.74, 6) is 1.87. The topological polar surface area (TPSA) is 49.8 Å². The van der Waals surface area contributed by atoms with E-state index in [0.29, 0.717) is 0 Å². The van der Waals surface area contributed by atoms with E-state index in [1.165, 1.54) is 0 Å². The maximum absolute atomic E-state index is 4.33. The maximum Gasteiger partial charge on any atom is 0.134 e. The standard InChI is InChI=1S/C13H24N4/c1-6-10-11(14-5)16-9-17-12(10)15-8-13(3,4)7-2/h9H,6-8H2,1-5H3,(H2,14,15,16,17). The molecule has 4 heteroatoms. The summed E-state index contributed by atoms with van der Waals surface area (Å²) in [7, 11) is 1.89. The Morgan fingerprint density at radius 2 is 1.82 bits per heavy atom. The first-order chi connectivity index (χ1) is 8.04. The molecule has 4 nitrogen and oxygen atoms in total. The SMILES string of the molecule is CCc1c(NC)ncnc1NCC(C)(C)CC. The van der Waals surface area contributed by atoms with Gasteiger partial charge in [0.15, 0.2) is 0 Å². The first-order valence-corrected chi connectivity index (χ1v) is 6.29. The van der Waals surface area contributed by atoms with E-state index in [1.807, 2.05) is 7.05 Å². The van der Waals surface area contributed by atoms with E-state index >= 15 is 0 Å². The fourth-order valence-corrected chi connectivity index (χ4v) is 1.56. The Balaban J connectivity index is 2.84. The van der Waals surface area contributed by atoms with Crippen molar-refractivity contribution in [2.75, 3.05) is 24.2 Å². The summed E-state index contributed by atoms with van der Waals surface area (Å²) < 4.78 is 0. The highest BCUT2D eigenvalue weighted by atomic mass is 15.1. The zero-order valence-corrected chi connectivity index (χ0v) is 11.6. The molecule has 0 saturated carbocycles. The van der Waals surface area contributed by atoms with E-state index in [2.05, 4.69) is 48.3 Å². The van der Waals surface area contributed by atoms with E-state index in [9.17, 15) is 0 Å². The summed E-state index contributed by atoms with van der Waals surface area (Å²) in [6, 6.07) is 0. The Morgan fingerprint density at radius 3 is 2.35 bits per heavy atom. The molecule has 0 bridgehead atoms. The van der Waals surface area contributed by atoms with Crippen molar-refractivity contribution in [1.29, 1.82) is 0 Å². The molecule has 0 unspecified atom stereocenters. The molecule has 0 aliphatic carbocycles. The third-order valence-corrected chi connectivity index (χ3v) is 3.23. The summed E-state index contributed by atoms with van der Waals surface area (Å²) in [6.45, 7) is 9.77. The fraction of sp³-hybridized carbons (Fsp3) is 0.692. The average molecular weight is 236 g/mol. The van der Waals surface area contributed by atoms with Crippen LogP contribution in [0.2, 0.25) is 0 Å². The molecular formula is C13H24N4. The number of anilines is 2. The molecule has 1 rings (SSSR count). The Kier molecular flexibility index (Phi) is 4.73. The predicted molar refractivity (Wildman–Crippen MR) is 73.5 cm³/mol. The van der Waals surface area contributed by atoms with Gasteiger partial charge in [0.1, 0.15) is 18.0 Å². The van der Waals surface area contributed by atoms with Gasteiger partial charge in [0, 0.05) is 19.2 Å². The summed E-state index contributed by atoms with van der Waals surface area (Å²) in [6.07, 6.45) is 3.67. The minimum atomic E-state index is 0.287. The van der Waals surface area contributed by atoms with Gasteiger partial charge in [-0.2, -0.15) is 0 Å². The first kappa shape index (κ1) is 13.7. The summed E-state index contributed by atoms with van der Waals surface area (Å²) >= 11 is 0. The molecular weight excluding hydrogens is 212 g/mol. The number of nitrogens with zero attached hydrogens (tertiary/aromatic N) is 2. The molecule has 0 amide bonds. The van der Waals surface area contributed by atoms with Crippen molar-refractivity contribution in [1.82, 2.24) is 9.97 Å². The van der Waals surface area contributed by atoms with Crippen LogP contribution in [0.3, 0.4) is 0 Å². The monoisotopic (exact) mass is 236 g/mol. The molecule has 0 aliphatic heterocycles. The molecule has 96 valence electrons. The molecule has 0 spiro atoms.